The molecule has 0 aliphatic rings. The molecule has 2 aromatic rings. The summed E-state index contributed by atoms with van der Waals surface area (Å²) in [5, 5.41) is 0.950. The lowest BCUT2D eigenvalue weighted by Gasteiger charge is -2.11. The number of aryl methyl sites for hydroxylation is 2. The molecule has 2 rings (SSSR count). The second kappa shape index (κ2) is 6.82. The van der Waals surface area contributed by atoms with Gasteiger partial charge < -0.3 is 4.98 Å². The van der Waals surface area contributed by atoms with Gasteiger partial charge in [-0.15, -0.1) is 0 Å². The zero-order valence-electron chi connectivity index (χ0n) is 13.9. The predicted molar refractivity (Wildman–Crippen MR) is 92.9 cm³/mol. The fourth-order valence-electron chi connectivity index (χ4n) is 2.43. The summed E-state index contributed by atoms with van der Waals surface area (Å²) in [5.41, 5.74) is 3.39. The van der Waals surface area contributed by atoms with Crippen molar-refractivity contribution in [3.8, 4) is 0 Å². The maximum atomic E-state index is 12.2. The first-order chi connectivity index (χ1) is 10.7. The first-order valence-electron chi connectivity index (χ1n) is 7.58. The number of fused-ring (bicyclic) bond motifs is 1. The molecule has 1 heterocycles. The predicted octanol–water partition coefficient (Wildman–Crippen LogP) is 1.52. The van der Waals surface area contributed by atoms with Gasteiger partial charge in [0.1, 0.15) is 0 Å². The van der Waals surface area contributed by atoms with Crippen molar-refractivity contribution in [2.75, 3.05) is 6.54 Å². The third-order valence-electron chi connectivity index (χ3n) is 3.71. The Balaban J connectivity index is 2.17. The zero-order chi connectivity index (χ0) is 17.2. The molecule has 0 bridgehead atoms. The molecule has 7 heteroatoms. The smallest absolute Gasteiger partial charge is 0.277 e. The van der Waals surface area contributed by atoms with Gasteiger partial charge in [-0.2, -0.15) is 13.1 Å². The van der Waals surface area contributed by atoms with Crippen molar-refractivity contribution in [1.82, 2.24) is 14.4 Å². The van der Waals surface area contributed by atoms with Crippen LogP contribution in [-0.4, -0.2) is 26.0 Å². The van der Waals surface area contributed by atoms with Crippen molar-refractivity contribution in [3.05, 3.63) is 45.2 Å². The van der Waals surface area contributed by atoms with Crippen molar-refractivity contribution in [2.24, 2.45) is 0 Å². The Labute approximate surface area is 136 Å². The van der Waals surface area contributed by atoms with Gasteiger partial charge in [-0.25, -0.2) is 4.72 Å². The molecule has 0 fully saturated rings. The van der Waals surface area contributed by atoms with Gasteiger partial charge in [0.15, 0.2) is 0 Å². The van der Waals surface area contributed by atoms with E-state index in [0.29, 0.717) is 12.0 Å². The summed E-state index contributed by atoms with van der Waals surface area (Å²) in [6.45, 7) is 7.63. The minimum absolute atomic E-state index is 0.168. The normalized spacial score (nSPS) is 12.2. The topological polar surface area (TPSA) is 91.1 Å². The Morgan fingerprint density at radius 1 is 1.22 bits per heavy atom. The SMILES string of the molecule is Cc1ccc2cc(CCNS(=O)(=O)NC(C)C)c(=O)[nH]c2c1C. The first-order valence-corrected chi connectivity index (χ1v) is 9.07. The summed E-state index contributed by atoms with van der Waals surface area (Å²) in [6, 6.07) is 5.62. The van der Waals surface area contributed by atoms with E-state index in [9.17, 15) is 13.2 Å². The van der Waals surface area contributed by atoms with Gasteiger partial charge in [0.25, 0.3) is 15.8 Å². The van der Waals surface area contributed by atoms with Crippen LogP contribution in [0.3, 0.4) is 0 Å². The van der Waals surface area contributed by atoms with Crippen LogP contribution < -0.4 is 15.0 Å². The molecule has 0 aliphatic heterocycles. The molecule has 1 aromatic heterocycles. The number of aromatic amines is 1. The Kier molecular flexibility index (Phi) is 5.23. The average Bonchev–Trinajstić information content (AvgIpc) is 2.43. The van der Waals surface area contributed by atoms with Crippen molar-refractivity contribution in [2.45, 2.75) is 40.2 Å². The van der Waals surface area contributed by atoms with E-state index in [4.69, 9.17) is 0 Å². The Hall–Kier alpha value is -1.70. The van der Waals surface area contributed by atoms with E-state index in [0.717, 1.165) is 22.0 Å². The molecule has 1 aromatic carbocycles. The Morgan fingerprint density at radius 2 is 1.91 bits per heavy atom. The molecule has 0 saturated carbocycles. The highest BCUT2D eigenvalue weighted by molar-refractivity contribution is 7.87. The summed E-state index contributed by atoms with van der Waals surface area (Å²) in [7, 11) is -3.53. The Bertz CT molecular complexity index is 870. The lowest BCUT2D eigenvalue weighted by atomic mass is 10.0. The quantitative estimate of drug-likeness (QED) is 0.746. The molecule has 0 saturated heterocycles. The van der Waals surface area contributed by atoms with Gasteiger partial charge in [0.2, 0.25) is 0 Å². The number of aromatic nitrogens is 1. The largest absolute Gasteiger partial charge is 0.321 e. The number of nitrogens with one attached hydrogen (secondary N) is 3. The van der Waals surface area contributed by atoms with Crippen LogP contribution >= 0.6 is 0 Å². The lowest BCUT2D eigenvalue weighted by Crippen LogP contribution is -2.41. The van der Waals surface area contributed by atoms with Crippen LogP contribution in [0.15, 0.2) is 23.0 Å². The van der Waals surface area contributed by atoms with Crippen LogP contribution in [0.4, 0.5) is 0 Å². The minimum Gasteiger partial charge on any atom is -0.321 e. The molecule has 23 heavy (non-hydrogen) atoms. The fourth-order valence-corrected chi connectivity index (χ4v) is 3.50. The second-order valence-electron chi connectivity index (χ2n) is 6.02. The van der Waals surface area contributed by atoms with Gasteiger partial charge >= 0.3 is 0 Å². The molecule has 0 spiro atoms. The molecular formula is C16H23N3O3S. The molecule has 0 unspecified atom stereocenters. The molecule has 0 radical (unpaired) electrons. The van der Waals surface area contributed by atoms with E-state index in [1.165, 1.54) is 0 Å². The number of hydrogen-bond donors (Lipinski definition) is 3. The highest BCUT2D eigenvalue weighted by atomic mass is 32.2. The van der Waals surface area contributed by atoms with Crippen LogP contribution in [0, 0.1) is 13.8 Å². The maximum absolute atomic E-state index is 12.2. The number of hydrogen-bond acceptors (Lipinski definition) is 3. The van der Waals surface area contributed by atoms with Gasteiger partial charge in [-0.1, -0.05) is 12.1 Å². The van der Waals surface area contributed by atoms with Crippen LogP contribution in [0.25, 0.3) is 10.9 Å². The van der Waals surface area contributed by atoms with E-state index in [1.807, 2.05) is 32.0 Å². The molecule has 0 amide bonds. The third-order valence-corrected chi connectivity index (χ3v) is 5.07. The highest BCUT2D eigenvalue weighted by Gasteiger charge is 2.11. The second-order valence-corrected chi connectivity index (χ2v) is 7.55. The van der Waals surface area contributed by atoms with E-state index >= 15 is 0 Å². The maximum Gasteiger partial charge on any atom is 0.277 e. The summed E-state index contributed by atoms with van der Waals surface area (Å²) >= 11 is 0. The standard InChI is InChI=1S/C16H23N3O3S/c1-10(2)19-23(21,22)17-8-7-14-9-13-6-5-11(3)12(4)15(13)18-16(14)20/h5-6,9-10,17,19H,7-8H2,1-4H3,(H,18,20). The third kappa shape index (κ3) is 4.40. The number of benzene rings is 1. The van der Waals surface area contributed by atoms with Gasteiger partial charge in [0.05, 0.1) is 5.52 Å². The summed E-state index contributed by atoms with van der Waals surface area (Å²) < 4.78 is 28.3. The summed E-state index contributed by atoms with van der Waals surface area (Å²) in [6.07, 6.45) is 0.331. The fraction of sp³-hybridized carbons (Fsp3) is 0.438. The molecular weight excluding hydrogens is 314 g/mol. The number of H-pyrrole nitrogens is 1. The van der Waals surface area contributed by atoms with E-state index in [2.05, 4.69) is 14.4 Å². The van der Waals surface area contributed by atoms with Crippen LogP contribution in [0.2, 0.25) is 0 Å². The van der Waals surface area contributed by atoms with Crippen LogP contribution in [0.1, 0.15) is 30.5 Å². The number of rotatable bonds is 6. The van der Waals surface area contributed by atoms with Crippen molar-refractivity contribution in [3.63, 3.8) is 0 Å². The highest BCUT2D eigenvalue weighted by Crippen LogP contribution is 2.18. The van der Waals surface area contributed by atoms with Crippen LogP contribution in [0.5, 0.6) is 0 Å². The number of pyridine rings is 1. The van der Waals surface area contributed by atoms with E-state index < -0.39 is 10.2 Å². The van der Waals surface area contributed by atoms with Crippen molar-refractivity contribution >= 4 is 21.1 Å². The molecule has 0 atom stereocenters. The zero-order valence-corrected chi connectivity index (χ0v) is 14.7. The molecule has 3 N–H and O–H groups in total. The molecule has 0 aliphatic carbocycles. The summed E-state index contributed by atoms with van der Waals surface area (Å²) in [4.78, 5) is 15.1. The van der Waals surface area contributed by atoms with Gasteiger partial charge in [0, 0.05) is 18.2 Å². The van der Waals surface area contributed by atoms with Crippen molar-refractivity contribution < 1.29 is 8.42 Å². The molecule has 6 nitrogen and oxygen atoms in total. The Morgan fingerprint density at radius 3 is 2.57 bits per heavy atom. The van der Waals surface area contributed by atoms with Crippen LogP contribution in [-0.2, 0) is 16.6 Å². The van der Waals surface area contributed by atoms with E-state index in [1.54, 1.807) is 13.8 Å². The molecule has 126 valence electrons. The van der Waals surface area contributed by atoms with Crippen molar-refractivity contribution in [1.29, 1.82) is 0 Å². The van der Waals surface area contributed by atoms with Gasteiger partial charge in [-0.3, -0.25) is 4.79 Å². The lowest BCUT2D eigenvalue weighted by molar-refractivity contribution is 0.555. The first kappa shape index (κ1) is 17.7. The average molecular weight is 337 g/mol. The minimum atomic E-state index is -3.53. The van der Waals surface area contributed by atoms with Gasteiger partial charge in [-0.05, 0) is 56.7 Å². The van der Waals surface area contributed by atoms with E-state index in [-0.39, 0.29) is 18.1 Å². The monoisotopic (exact) mass is 337 g/mol. The summed E-state index contributed by atoms with van der Waals surface area (Å²) in [5.74, 6) is 0.